The molecular weight excluding hydrogens is 546 g/mol. The van der Waals surface area contributed by atoms with Crippen molar-refractivity contribution in [1.29, 1.82) is 0 Å². The summed E-state index contributed by atoms with van der Waals surface area (Å²) in [6, 6.07) is 31.8. The second kappa shape index (κ2) is 14.9. The molecule has 1 aliphatic rings. The fourth-order valence-corrected chi connectivity index (χ4v) is 5.51. The number of nitrogens with one attached hydrogen (secondary N) is 2. The molecule has 1 amide bonds. The lowest BCUT2D eigenvalue weighted by Crippen LogP contribution is -2.39. The van der Waals surface area contributed by atoms with Crippen LogP contribution in [-0.2, 0) is 24.1 Å². The Morgan fingerprint density at radius 3 is 2.33 bits per heavy atom. The van der Waals surface area contributed by atoms with Crippen LogP contribution in [0.1, 0.15) is 29.5 Å². The van der Waals surface area contributed by atoms with Crippen LogP contribution in [0.5, 0.6) is 5.75 Å². The van der Waals surface area contributed by atoms with E-state index >= 15 is 0 Å². The monoisotopic (exact) mass is 583 g/mol. The molecule has 42 heavy (non-hydrogen) atoms. The van der Waals surface area contributed by atoms with Gasteiger partial charge < -0.3 is 20.1 Å². The van der Waals surface area contributed by atoms with Crippen molar-refractivity contribution in [2.24, 2.45) is 0 Å². The number of benzene rings is 4. The maximum atomic E-state index is 12.7. The number of ether oxygens (including phenoxy) is 1. The summed E-state index contributed by atoms with van der Waals surface area (Å²) in [5.41, 5.74) is 6.20. The lowest BCUT2D eigenvalue weighted by Gasteiger charge is -2.31. The van der Waals surface area contributed by atoms with E-state index in [0.717, 1.165) is 74.2 Å². The van der Waals surface area contributed by atoms with E-state index in [2.05, 4.69) is 39.8 Å². The maximum absolute atomic E-state index is 12.7. The molecule has 1 heterocycles. The van der Waals surface area contributed by atoms with E-state index in [4.69, 9.17) is 16.3 Å². The Morgan fingerprint density at radius 2 is 1.57 bits per heavy atom. The number of amides is 1. The number of nitrogens with zero attached hydrogens (tertiary/aromatic N) is 1. The van der Waals surface area contributed by atoms with Gasteiger partial charge in [-0.3, -0.25) is 5.32 Å². The third-order valence-electron chi connectivity index (χ3n) is 7.74. The van der Waals surface area contributed by atoms with Crippen LogP contribution in [0, 0.1) is 0 Å². The normalized spacial score (nSPS) is 14.0. The second-order valence-electron chi connectivity index (χ2n) is 10.7. The number of anilines is 1. The third-order valence-corrected chi connectivity index (χ3v) is 7.98. The number of phenolic OH excluding ortho intramolecular Hbond substituents is 1. The number of carbonyl (C=O) groups excluding carboxylic acids is 1. The zero-order valence-electron chi connectivity index (χ0n) is 23.8. The van der Waals surface area contributed by atoms with Gasteiger partial charge in [-0.05, 0) is 73.2 Å². The fraction of sp³-hybridized carbons (Fsp3) is 0.286. The van der Waals surface area contributed by atoms with E-state index in [1.54, 1.807) is 18.2 Å². The molecule has 0 spiro atoms. The predicted octanol–water partition coefficient (Wildman–Crippen LogP) is 7.30. The van der Waals surface area contributed by atoms with Gasteiger partial charge in [0, 0.05) is 42.3 Å². The first-order valence-electron chi connectivity index (χ1n) is 14.6. The number of hydrogen-bond donors (Lipinski definition) is 3. The van der Waals surface area contributed by atoms with Crippen LogP contribution in [0.4, 0.5) is 10.5 Å². The summed E-state index contributed by atoms with van der Waals surface area (Å²) in [6.07, 6.45) is 3.13. The summed E-state index contributed by atoms with van der Waals surface area (Å²) in [5.74, 6) is 0.263. The smallest absolute Gasteiger partial charge is 0.411 e. The first kappa shape index (κ1) is 29.6. The Balaban J connectivity index is 0.993. The highest BCUT2D eigenvalue weighted by molar-refractivity contribution is 6.30. The molecule has 1 saturated heterocycles. The molecule has 6 nitrogen and oxygen atoms in total. The van der Waals surface area contributed by atoms with Crippen LogP contribution in [0.2, 0.25) is 5.02 Å². The number of rotatable bonds is 11. The van der Waals surface area contributed by atoms with Gasteiger partial charge in [0.25, 0.3) is 0 Å². The standard InChI is InChI=1S/C35H38ClN3O3/c36-30-14-15-34(40)29(24-30)25-37-20-16-26-10-12-27(13-11-26)17-21-39-22-18-31(19-23-39)42-35(41)38-33-9-5-4-8-32(33)28-6-2-1-3-7-28/h1-15,24,31,37,40H,16-23,25H2,(H,38,41). The van der Waals surface area contributed by atoms with Crippen molar-refractivity contribution in [3.05, 3.63) is 119 Å². The molecule has 0 aromatic heterocycles. The number of piperidine rings is 1. The largest absolute Gasteiger partial charge is 0.508 e. The highest BCUT2D eigenvalue weighted by Gasteiger charge is 2.22. The molecular formula is C35H38ClN3O3. The third kappa shape index (κ3) is 8.58. The predicted molar refractivity (Wildman–Crippen MR) is 170 cm³/mol. The lowest BCUT2D eigenvalue weighted by atomic mass is 10.0. The number of halogens is 1. The number of para-hydroxylation sites is 1. The van der Waals surface area contributed by atoms with Crippen LogP contribution in [0.15, 0.2) is 97.1 Å². The number of aromatic hydroxyl groups is 1. The first-order valence-corrected chi connectivity index (χ1v) is 15.0. The van der Waals surface area contributed by atoms with Crippen molar-refractivity contribution in [3.63, 3.8) is 0 Å². The Hall–Kier alpha value is -3.84. The molecule has 3 N–H and O–H groups in total. The van der Waals surface area contributed by atoms with Gasteiger partial charge in [0.05, 0.1) is 5.69 Å². The molecule has 0 atom stereocenters. The Bertz CT molecular complexity index is 1440. The summed E-state index contributed by atoms with van der Waals surface area (Å²) < 4.78 is 5.79. The molecule has 218 valence electrons. The van der Waals surface area contributed by atoms with Gasteiger partial charge in [-0.15, -0.1) is 0 Å². The second-order valence-corrected chi connectivity index (χ2v) is 11.2. The Kier molecular flexibility index (Phi) is 10.5. The summed E-state index contributed by atoms with van der Waals surface area (Å²) >= 11 is 6.02. The van der Waals surface area contributed by atoms with Gasteiger partial charge in [-0.25, -0.2) is 4.79 Å². The minimum absolute atomic E-state index is 0.0686. The molecule has 4 aromatic carbocycles. The van der Waals surface area contributed by atoms with Crippen molar-refractivity contribution in [3.8, 4) is 16.9 Å². The Labute approximate surface area is 253 Å². The highest BCUT2D eigenvalue weighted by Crippen LogP contribution is 2.28. The van der Waals surface area contributed by atoms with E-state index in [-0.39, 0.29) is 11.9 Å². The first-order chi connectivity index (χ1) is 20.5. The van der Waals surface area contributed by atoms with Gasteiger partial charge >= 0.3 is 6.09 Å². The summed E-state index contributed by atoms with van der Waals surface area (Å²) in [4.78, 5) is 15.1. The molecule has 0 saturated carbocycles. The van der Waals surface area contributed by atoms with E-state index in [1.807, 2.05) is 54.6 Å². The topological polar surface area (TPSA) is 73.8 Å². The van der Waals surface area contributed by atoms with Crippen molar-refractivity contribution in [1.82, 2.24) is 10.2 Å². The number of phenols is 1. The van der Waals surface area contributed by atoms with Crippen LogP contribution in [0.3, 0.4) is 0 Å². The number of hydrogen-bond acceptors (Lipinski definition) is 5. The van der Waals surface area contributed by atoms with E-state index in [9.17, 15) is 9.90 Å². The molecule has 1 fully saturated rings. The highest BCUT2D eigenvalue weighted by atomic mass is 35.5. The minimum Gasteiger partial charge on any atom is -0.508 e. The molecule has 4 aromatic rings. The average Bonchev–Trinajstić information content (AvgIpc) is 3.02. The lowest BCUT2D eigenvalue weighted by molar-refractivity contribution is 0.0593. The van der Waals surface area contributed by atoms with Gasteiger partial charge in [0.1, 0.15) is 11.9 Å². The molecule has 1 aliphatic heterocycles. The molecule has 0 bridgehead atoms. The summed E-state index contributed by atoms with van der Waals surface area (Å²) in [6.45, 7) is 4.24. The van der Waals surface area contributed by atoms with Crippen LogP contribution in [0.25, 0.3) is 11.1 Å². The summed E-state index contributed by atoms with van der Waals surface area (Å²) in [7, 11) is 0. The van der Waals surface area contributed by atoms with E-state index in [1.165, 1.54) is 11.1 Å². The van der Waals surface area contributed by atoms with Gasteiger partial charge in [-0.1, -0.05) is 84.4 Å². The van der Waals surface area contributed by atoms with Gasteiger partial charge in [-0.2, -0.15) is 0 Å². The number of carbonyl (C=O) groups is 1. The molecule has 0 unspecified atom stereocenters. The molecule has 0 radical (unpaired) electrons. The van der Waals surface area contributed by atoms with Crippen molar-refractivity contribution in [2.45, 2.75) is 38.3 Å². The van der Waals surface area contributed by atoms with Crippen LogP contribution in [-0.4, -0.2) is 48.4 Å². The summed E-state index contributed by atoms with van der Waals surface area (Å²) in [5, 5.41) is 16.9. The van der Waals surface area contributed by atoms with Gasteiger partial charge in [0.2, 0.25) is 0 Å². The molecule has 7 heteroatoms. The Morgan fingerprint density at radius 1 is 0.881 bits per heavy atom. The van der Waals surface area contributed by atoms with Crippen molar-refractivity contribution in [2.75, 3.05) is 31.5 Å². The zero-order valence-corrected chi connectivity index (χ0v) is 24.5. The van der Waals surface area contributed by atoms with Gasteiger partial charge in [0.15, 0.2) is 0 Å². The number of likely N-dealkylation sites (tertiary alicyclic amines) is 1. The van der Waals surface area contributed by atoms with Crippen LogP contribution >= 0.6 is 11.6 Å². The van der Waals surface area contributed by atoms with Crippen molar-refractivity contribution < 1.29 is 14.6 Å². The van der Waals surface area contributed by atoms with Crippen LogP contribution < -0.4 is 10.6 Å². The SMILES string of the molecule is O=C(Nc1ccccc1-c1ccccc1)OC1CCN(CCc2ccc(CCNCc3cc(Cl)ccc3O)cc2)CC1. The maximum Gasteiger partial charge on any atom is 0.411 e. The van der Waals surface area contributed by atoms with E-state index in [0.29, 0.717) is 11.6 Å². The van der Waals surface area contributed by atoms with E-state index < -0.39 is 6.09 Å². The molecule has 0 aliphatic carbocycles. The quantitative estimate of drug-likeness (QED) is 0.162. The average molecular weight is 584 g/mol. The van der Waals surface area contributed by atoms with Crippen molar-refractivity contribution >= 4 is 23.4 Å². The minimum atomic E-state index is -0.394. The fourth-order valence-electron chi connectivity index (χ4n) is 5.31. The molecule has 5 rings (SSSR count). The zero-order chi connectivity index (χ0) is 29.1.